The zero-order chi connectivity index (χ0) is 28.3. The number of hydrogen-bond donors (Lipinski definition) is 3. The number of fused-ring (bicyclic) bond motifs is 1. The van der Waals surface area contributed by atoms with Crippen molar-refractivity contribution in [1.82, 2.24) is 19.9 Å². The second-order valence-electron chi connectivity index (χ2n) is 10.5. The van der Waals surface area contributed by atoms with Gasteiger partial charge in [-0.05, 0) is 57.2 Å². The highest BCUT2D eigenvalue weighted by Gasteiger charge is 2.35. The average molecular weight is 557 g/mol. The van der Waals surface area contributed by atoms with E-state index in [4.69, 9.17) is 4.42 Å². The first-order valence-corrected chi connectivity index (χ1v) is 14.6. The van der Waals surface area contributed by atoms with E-state index in [9.17, 15) is 23.1 Å². The van der Waals surface area contributed by atoms with E-state index in [2.05, 4.69) is 15.6 Å². The first kappa shape index (κ1) is 28.7. The molecule has 1 saturated heterocycles. The first-order valence-electron chi connectivity index (χ1n) is 13.2. The second-order valence-corrected chi connectivity index (χ2v) is 12.4. The van der Waals surface area contributed by atoms with Gasteiger partial charge in [-0.25, -0.2) is 13.4 Å². The predicted octanol–water partition coefficient (Wildman–Crippen LogP) is 2.92. The van der Waals surface area contributed by atoms with E-state index >= 15 is 0 Å². The van der Waals surface area contributed by atoms with Crippen molar-refractivity contribution < 1.29 is 27.5 Å². The number of benzene rings is 1. The van der Waals surface area contributed by atoms with Crippen LogP contribution in [-0.2, 0) is 14.8 Å². The minimum Gasteiger partial charge on any atom is -0.451 e. The number of sulfonamides is 1. The van der Waals surface area contributed by atoms with Gasteiger partial charge in [0.15, 0.2) is 10.8 Å². The zero-order valence-corrected chi connectivity index (χ0v) is 23.5. The van der Waals surface area contributed by atoms with Crippen molar-refractivity contribution in [1.29, 1.82) is 0 Å². The second kappa shape index (κ2) is 11.8. The topological polar surface area (TPSA) is 142 Å². The Morgan fingerprint density at radius 2 is 1.90 bits per heavy atom. The van der Waals surface area contributed by atoms with Gasteiger partial charge in [-0.1, -0.05) is 38.1 Å². The maximum absolute atomic E-state index is 13.4. The molecule has 0 bridgehead atoms. The normalized spacial score (nSPS) is 19.5. The SMILES string of the molecule is Cc1cccc(S(=O)(=O)N2CCCC(NC(=O)[C@H](CC(C)C)NC(=O)c3oc4ccccc4c3C)C(O)C2)n1. The molecule has 10 nitrogen and oxygen atoms in total. The minimum atomic E-state index is -3.90. The Morgan fingerprint density at radius 1 is 1.15 bits per heavy atom. The Labute approximate surface area is 228 Å². The summed E-state index contributed by atoms with van der Waals surface area (Å²) in [4.78, 5) is 30.6. The maximum atomic E-state index is 13.4. The molecule has 0 saturated carbocycles. The van der Waals surface area contributed by atoms with Gasteiger partial charge < -0.3 is 20.2 Å². The van der Waals surface area contributed by atoms with Gasteiger partial charge in [0.2, 0.25) is 5.91 Å². The Morgan fingerprint density at radius 3 is 2.59 bits per heavy atom. The van der Waals surface area contributed by atoms with Crippen LogP contribution < -0.4 is 10.6 Å². The monoisotopic (exact) mass is 556 g/mol. The van der Waals surface area contributed by atoms with Gasteiger partial charge in [0.25, 0.3) is 15.9 Å². The van der Waals surface area contributed by atoms with Crippen LogP contribution in [0.3, 0.4) is 0 Å². The van der Waals surface area contributed by atoms with E-state index in [1.807, 2.05) is 32.0 Å². The highest BCUT2D eigenvalue weighted by molar-refractivity contribution is 7.89. The molecule has 0 radical (unpaired) electrons. The van der Waals surface area contributed by atoms with Crippen LogP contribution in [0, 0.1) is 19.8 Å². The Hall–Kier alpha value is -3.28. The average Bonchev–Trinajstić information content (AvgIpc) is 3.11. The third-order valence-corrected chi connectivity index (χ3v) is 8.72. The lowest BCUT2D eigenvalue weighted by atomic mass is 10.0. The molecule has 210 valence electrons. The van der Waals surface area contributed by atoms with Crippen molar-refractivity contribution in [3.8, 4) is 0 Å². The maximum Gasteiger partial charge on any atom is 0.287 e. The number of nitrogens with zero attached hydrogens (tertiary/aromatic N) is 2. The summed E-state index contributed by atoms with van der Waals surface area (Å²) >= 11 is 0. The summed E-state index contributed by atoms with van der Waals surface area (Å²) in [5.74, 6) is -0.683. The fraction of sp³-hybridized carbons (Fsp3) is 0.464. The lowest BCUT2D eigenvalue weighted by molar-refractivity contribution is -0.125. The minimum absolute atomic E-state index is 0.0715. The molecule has 1 aliphatic rings. The van der Waals surface area contributed by atoms with Crippen LogP contribution in [0.1, 0.15) is 54.9 Å². The van der Waals surface area contributed by atoms with Gasteiger partial charge in [-0.3, -0.25) is 9.59 Å². The summed E-state index contributed by atoms with van der Waals surface area (Å²) < 4.78 is 33.3. The van der Waals surface area contributed by atoms with Crippen LogP contribution in [0.5, 0.6) is 0 Å². The summed E-state index contributed by atoms with van der Waals surface area (Å²) in [6, 6.07) is 10.6. The number of aliphatic hydroxyl groups excluding tert-OH is 1. The quantitative estimate of drug-likeness (QED) is 0.387. The molecular formula is C28H36N4O6S. The lowest BCUT2D eigenvalue weighted by Crippen LogP contribution is -2.54. The number of para-hydroxylation sites is 1. The molecule has 1 aliphatic heterocycles. The molecule has 2 aromatic heterocycles. The van der Waals surface area contributed by atoms with E-state index in [0.717, 1.165) is 5.39 Å². The molecule has 3 aromatic rings. The zero-order valence-electron chi connectivity index (χ0n) is 22.7. The smallest absolute Gasteiger partial charge is 0.287 e. The number of rotatable bonds is 8. The van der Waals surface area contributed by atoms with E-state index < -0.39 is 40.0 Å². The van der Waals surface area contributed by atoms with Gasteiger partial charge in [0.1, 0.15) is 11.6 Å². The van der Waals surface area contributed by atoms with Crippen molar-refractivity contribution in [2.45, 2.75) is 70.2 Å². The number of amides is 2. The summed E-state index contributed by atoms with van der Waals surface area (Å²) in [5, 5.41) is 17.4. The number of hydrogen-bond acceptors (Lipinski definition) is 7. The van der Waals surface area contributed by atoms with Crippen LogP contribution in [0.25, 0.3) is 11.0 Å². The fourth-order valence-electron chi connectivity index (χ4n) is 4.89. The van der Waals surface area contributed by atoms with Crippen molar-refractivity contribution in [3.05, 3.63) is 59.5 Å². The van der Waals surface area contributed by atoms with Crippen LogP contribution in [0.2, 0.25) is 0 Å². The number of carbonyl (C=O) groups excluding carboxylic acids is 2. The number of β-amino-alcohol motifs (C(OH)–C–C–N with tert-alkyl or cyclic N) is 1. The molecule has 3 atom stereocenters. The molecule has 11 heteroatoms. The van der Waals surface area contributed by atoms with E-state index in [1.54, 1.807) is 32.0 Å². The van der Waals surface area contributed by atoms with Crippen LogP contribution in [-0.4, -0.2) is 65.9 Å². The van der Waals surface area contributed by atoms with Crippen LogP contribution in [0.4, 0.5) is 0 Å². The molecule has 1 aromatic carbocycles. The van der Waals surface area contributed by atoms with Gasteiger partial charge in [0, 0.05) is 29.7 Å². The van der Waals surface area contributed by atoms with Gasteiger partial charge in [-0.2, -0.15) is 4.31 Å². The lowest BCUT2D eigenvalue weighted by Gasteiger charge is -2.27. The third kappa shape index (κ3) is 6.48. The van der Waals surface area contributed by atoms with Gasteiger partial charge in [0.05, 0.1) is 12.1 Å². The van der Waals surface area contributed by atoms with E-state index in [0.29, 0.717) is 36.1 Å². The molecule has 2 amide bonds. The van der Waals surface area contributed by atoms with Crippen LogP contribution >= 0.6 is 0 Å². The molecular weight excluding hydrogens is 520 g/mol. The standard InChI is InChI=1S/C28H36N4O6S/c1-17(2)15-22(31-28(35)26-19(4)20-10-5-6-12-24(20)38-26)27(34)30-21-11-8-14-32(16-23(21)33)39(36,37)25-13-7-9-18(3)29-25/h5-7,9-10,12-13,17,21-23,33H,8,11,14-16H2,1-4H3,(H,30,34)(H,31,35)/t21?,22-,23?/m0/s1. The summed E-state index contributed by atoms with van der Waals surface area (Å²) in [7, 11) is -3.90. The van der Waals surface area contributed by atoms with Crippen molar-refractivity contribution in [3.63, 3.8) is 0 Å². The number of aromatic nitrogens is 1. The molecule has 39 heavy (non-hydrogen) atoms. The third-order valence-electron chi connectivity index (χ3n) is 6.95. The highest BCUT2D eigenvalue weighted by atomic mass is 32.2. The van der Waals surface area contributed by atoms with E-state index in [-0.39, 0.29) is 29.8 Å². The Balaban J connectivity index is 1.46. The first-order chi connectivity index (χ1) is 18.5. The largest absolute Gasteiger partial charge is 0.451 e. The number of nitrogens with one attached hydrogen (secondary N) is 2. The summed E-state index contributed by atoms with van der Waals surface area (Å²) in [6.07, 6.45) is 0.0562. The number of carbonyl (C=O) groups is 2. The Bertz CT molecular complexity index is 1450. The summed E-state index contributed by atoms with van der Waals surface area (Å²) in [6.45, 7) is 7.42. The Kier molecular flexibility index (Phi) is 8.73. The molecule has 4 rings (SSSR count). The number of furan rings is 1. The molecule has 3 heterocycles. The predicted molar refractivity (Wildman–Crippen MR) is 147 cm³/mol. The van der Waals surface area contributed by atoms with Crippen molar-refractivity contribution in [2.75, 3.05) is 13.1 Å². The highest BCUT2D eigenvalue weighted by Crippen LogP contribution is 2.25. The molecule has 2 unspecified atom stereocenters. The number of aliphatic hydroxyl groups is 1. The van der Waals surface area contributed by atoms with Crippen molar-refractivity contribution >= 4 is 32.8 Å². The fourth-order valence-corrected chi connectivity index (χ4v) is 6.38. The molecule has 0 spiro atoms. The van der Waals surface area contributed by atoms with Gasteiger partial charge >= 0.3 is 0 Å². The molecule has 0 aliphatic carbocycles. The molecule has 1 fully saturated rings. The van der Waals surface area contributed by atoms with Crippen molar-refractivity contribution in [2.24, 2.45) is 5.92 Å². The number of aryl methyl sites for hydroxylation is 2. The number of pyridine rings is 1. The van der Waals surface area contributed by atoms with Gasteiger partial charge in [-0.15, -0.1) is 0 Å². The summed E-state index contributed by atoms with van der Waals surface area (Å²) in [5.41, 5.74) is 1.86. The van der Waals surface area contributed by atoms with Crippen LogP contribution in [0.15, 0.2) is 51.9 Å². The van der Waals surface area contributed by atoms with E-state index in [1.165, 1.54) is 10.4 Å². The molecule has 3 N–H and O–H groups in total.